The number of aliphatic hydroxyl groups excluding tert-OH is 1. The summed E-state index contributed by atoms with van der Waals surface area (Å²) in [5, 5.41) is 19.2. The predicted octanol–water partition coefficient (Wildman–Crippen LogP) is 3.41. The number of urea groups is 1. The second kappa shape index (κ2) is 12.9. The van der Waals surface area contributed by atoms with Crippen LogP contribution in [-0.4, -0.2) is 78.7 Å². The van der Waals surface area contributed by atoms with Crippen molar-refractivity contribution in [1.29, 1.82) is 0 Å². The van der Waals surface area contributed by atoms with E-state index in [1.165, 1.54) is 23.5 Å². The van der Waals surface area contributed by atoms with E-state index < -0.39 is 28.2 Å². The van der Waals surface area contributed by atoms with Crippen LogP contribution < -0.4 is 15.4 Å². The number of carbonyl (C=O) groups is 2. The normalized spacial score (nSPS) is 18.4. The van der Waals surface area contributed by atoms with Crippen molar-refractivity contribution in [2.45, 2.75) is 51.2 Å². The van der Waals surface area contributed by atoms with Gasteiger partial charge in [0.15, 0.2) is 5.76 Å². The molecular weight excluding hydrogens is 562 g/mol. The molecule has 1 aliphatic rings. The highest BCUT2D eigenvalue weighted by Gasteiger charge is 2.33. The van der Waals surface area contributed by atoms with Gasteiger partial charge in [-0.1, -0.05) is 30.3 Å². The number of aryl methyl sites for hydroxylation is 2. The van der Waals surface area contributed by atoms with E-state index in [-0.39, 0.29) is 42.8 Å². The molecule has 3 aromatic rings. The molecule has 0 saturated carbocycles. The molecule has 0 radical (unpaired) electrons. The van der Waals surface area contributed by atoms with Crippen molar-refractivity contribution in [2.75, 3.05) is 37.4 Å². The molecule has 0 fully saturated rings. The predicted molar refractivity (Wildman–Crippen MR) is 157 cm³/mol. The van der Waals surface area contributed by atoms with Crippen molar-refractivity contribution < 1.29 is 32.4 Å². The van der Waals surface area contributed by atoms with Gasteiger partial charge in [0.05, 0.1) is 30.5 Å². The third-order valence-electron chi connectivity index (χ3n) is 7.33. The molecule has 1 aromatic heterocycles. The van der Waals surface area contributed by atoms with Crippen molar-refractivity contribution in [3.63, 3.8) is 0 Å². The number of rotatable bonds is 8. The van der Waals surface area contributed by atoms with E-state index in [2.05, 4.69) is 15.8 Å². The van der Waals surface area contributed by atoms with E-state index in [0.29, 0.717) is 34.1 Å². The van der Waals surface area contributed by atoms with Gasteiger partial charge in [-0.2, -0.15) is 4.31 Å². The molecule has 2 aromatic carbocycles. The highest BCUT2D eigenvalue weighted by atomic mass is 32.2. The van der Waals surface area contributed by atoms with Gasteiger partial charge in [0.25, 0.3) is 0 Å². The molecule has 12 nitrogen and oxygen atoms in total. The Morgan fingerprint density at radius 2 is 1.90 bits per heavy atom. The zero-order valence-electron chi connectivity index (χ0n) is 24.3. The van der Waals surface area contributed by atoms with Gasteiger partial charge in [-0.3, -0.25) is 4.79 Å². The third kappa shape index (κ3) is 6.92. The van der Waals surface area contributed by atoms with Crippen LogP contribution in [-0.2, 0) is 21.2 Å². The van der Waals surface area contributed by atoms with Crippen LogP contribution in [0.4, 0.5) is 16.2 Å². The SMILES string of the molecule is Cc1noc(C)c1NC(=O)Nc1ccc2c(c1)CC(=O)N([C@H](C)CO)C[C@@H](C)[C@H](CN(C)S(=O)(=O)c1ccccc1)O2. The maximum atomic E-state index is 13.5. The lowest BCUT2D eigenvalue weighted by molar-refractivity contribution is -0.134. The van der Waals surface area contributed by atoms with E-state index in [4.69, 9.17) is 9.26 Å². The first-order chi connectivity index (χ1) is 19.9. The molecular formula is C29H37N5O7S. The van der Waals surface area contributed by atoms with E-state index in [1.807, 2.05) is 6.92 Å². The number of ether oxygens (including phenoxy) is 1. The number of carbonyl (C=O) groups excluding carboxylic acids is 2. The minimum atomic E-state index is -3.80. The molecule has 3 amide bonds. The molecule has 0 aliphatic carbocycles. The number of sulfonamides is 1. The highest BCUT2D eigenvalue weighted by molar-refractivity contribution is 7.89. The number of likely N-dealkylation sites (N-methyl/N-ethyl adjacent to an activating group) is 1. The summed E-state index contributed by atoms with van der Waals surface area (Å²) in [5.41, 5.74) is 1.93. The molecule has 4 rings (SSSR count). The summed E-state index contributed by atoms with van der Waals surface area (Å²) in [4.78, 5) is 27.9. The summed E-state index contributed by atoms with van der Waals surface area (Å²) in [6.45, 7) is 7.08. The van der Waals surface area contributed by atoms with Crippen LogP contribution in [0, 0.1) is 19.8 Å². The molecule has 0 unspecified atom stereocenters. The lowest BCUT2D eigenvalue weighted by Gasteiger charge is -2.33. The standard InChI is InChI=1S/C29H37N5O7S/c1-18-15-34(19(2)17-35)27(36)14-22-13-23(30-29(37)31-28-20(3)32-41-21(28)4)11-12-25(22)40-26(18)16-33(5)42(38,39)24-9-7-6-8-10-24/h6-13,18-19,26,35H,14-17H2,1-5H3,(H2,30,31,37)/t18-,19-,26+/m1/s1. The van der Waals surface area contributed by atoms with Crippen LogP contribution in [0.25, 0.3) is 0 Å². The van der Waals surface area contributed by atoms with Crippen molar-refractivity contribution >= 4 is 33.3 Å². The van der Waals surface area contributed by atoms with Crippen molar-refractivity contribution in [3.05, 3.63) is 65.5 Å². The monoisotopic (exact) mass is 599 g/mol. The number of hydrogen-bond acceptors (Lipinski definition) is 8. The largest absolute Gasteiger partial charge is 0.488 e. The summed E-state index contributed by atoms with van der Waals surface area (Å²) >= 11 is 0. The average Bonchev–Trinajstić information content (AvgIpc) is 3.29. The molecule has 0 bridgehead atoms. The lowest BCUT2D eigenvalue weighted by Crippen LogP contribution is -2.48. The minimum Gasteiger partial charge on any atom is -0.488 e. The van der Waals surface area contributed by atoms with Crippen molar-refractivity contribution in [3.8, 4) is 5.75 Å². The summed E-state index contributed by atoms with van der Waals surface area (Å²) in [5.74, 6) is 0.354. The molecule has 0 spiro atoms. The van der Waals surface area contributed by atoms with Crippen LogP contribution in [0.15, 0.2) is 57.9 Å². The first-order valence-corrected chi connectivity index (χ1v) is 15.1. The number of aliphatic hydroxyl groups is 1. The summed E-state index contributed by atoms with van der Waals surface area (Å²) in [7, 11) is -2.30. The first kappa shape index (κ1) is 31.0. The van der Waals surface area contributed by atoms with Gasteiger partial charge in [-0.05, 0) is 51.1 Å². The second-order valence-electron chi connectivity index (χ2n) is 10.6. The summed E-state index contributed by atoms with van der Waals surface area (Å²) < 4.78 is 39.3. The number of nitrogens with zero attached hydrogens (tertiary/aromatic N) is 3. The molecule has 2 heterocycles. The third-order valence-corrected chi connectivity index (χ3v) is 9.17. The Kier molecular flexibility index (Phi) is 9.54. The number of hydrogen-bond donors (Lipinski definition) is 3. The molecule has 3 atom stereocenters. The fourth-order valence-electron chi connectivity index (χ4n) is 4.79. The zero-order chi connectivity index (χ0) is 30.6. The van der Waals surface area contributed by atoms with Crippen molar-refractivity contribution in [1.82, 2.24) is 14.4 Å². The van der Waals surface area contributed by atoms with Gasteiger partial charge in [0.2, 0.25) is 15.9 Å². The van der Waals surface area contributed by atoms with Gasteiger partial charge >= 0.3 is 6.03 Å². The molecule has 42 heavy (non-hydrogen) atoms. The van der Waals surface area contributed by atoms with E-state index in [9.17, 15) is 23.1 Å². The van der Waals surface area contributed by atoms with Gasteiger partial charge in [-0.15, -0.1) is 0 Å². The smallest absolute Gasteiger partial charge is 0.323 e. The Balaban J connectivity index is 1.62. The number of fused-ring (bicyclic) bond motifs is 1. The quantitative estimate of drug-likeness (QED) is 0.356. The summed E-state index contributed by atoms with van der Waals surface area (Å²) in [6, 6.07) is 12.1. The second-order valence-corrected chi connectivity index (χ2v) is 12.6. The van der Waals surface area contributed by atoms with Gasteiger partial charge in [0, 0.05) is 30.8 Å². The Morgan fingerprint density at radius 3 is 2.55 bits per heavy atom. The van der Waals surface area contributed by atoms with Gasteiger partial charge in [0.1, 0.15) is 23.2 Å². The fourth-order valence-corrected chi connectivity index (χ4v) is 5.99. The molecule has 226 valence electrons. The molecule has 1 aliphatic heterocycles. The van der Waals surface area contributed by atoms with E-state index in [0.717, 1.165) is 0 Å². The Morgan fingerprint density at radius 1 is 1.19 bits per heavy atom. The first-order valence-electron chi connectivity index (χ1n) is 13.6. The lowest BCUT2D eigenvalue weighted by atomic mass is 10.0. The highest BCUT2D eigenvalue weighted by Crippen LogP contribution is 2.30. The molecule has 13 heteroatoms. The Bertz CT molecular complexity index is 1510. The molecule has 3 N–H and O–H groups in total. The van der Waals surface area contributed by atoms with Crippen molar-refractivity contribution in [2.24, 2.45) is 5.92 Å². The Hall–Kier alpha value is -3.94. The number of amides is 3. The van der Waals surface area contributed by atoms with Crippen LogP contribution >= 0.6 is 0 Å². The number of nitrogens with one attached hydrogen (secondary N) is 2. The number of anilines is 2. The number of aromatic nitrogens is 1. The van der Waals surface area contributed by atoms with Crippen LogP contribution in [0.1, 0.15) is 30.9 Å². The zero-order valence-corrected chi connectivity index (χ0v) is 25.1. The van der Waals surface area contributed by atoms with Gasteiger partial charge < -0.3 is 29.9 Å². The minimum absolute atomic E-state index is 0.0210. The average molecular weight is 600 g/mol. The van der Waals surface area contributed by atoms with Crippen LogP contribution in [0.3, 0.4) is 0 Å². The fraction of sp³-hybridized carbons (Fsp3) is 0.414. The maximum Gasteiger partial charge on any atom is 0.323 e. The Labute approximate surface area is 245 Å². The maximum absolute atomic E-state index is 13.5. The van der Waals surface area contributed by atoms with Crippen LogP contribution in [0.2, 0.25) is 0 Å². The van der Waals surface area contributed by atoms with E-state index in [1.54, 1.807) is 62.1 Å². The van der Waals surface area contributed by atoms with Gasteiger partial charge in [-0.25, -0.2) is 13.2 Å². The number of benzene rings is 2. The molecule has 0 saturated heterocycles. The topological polar surface area (TPSA) is 154 Å². The van der Waals surface area contributed by atoms with Crippen LogP contribution in [0.5, 0.6) is 5.75 Å². The van der Waals surface area contributed by atoms with E-state index >= 15 is 0 Å². The summed E-state index contributed by atoms with van der Waals surface area (Å²) in [6.07, 6.45) is -0.675.